The minimum Gasteiger partial charge on any atom is -0.113 e. The van der Waals surface area contributed by atoms with Crippen molar-refractivity contribution >= 4 is 61.5 Å². The lowest BCUT2D eigenvalue weighted by molar-refractivity contribution is 1.16. The van der Waals surface area contributed by atoms with Gasteiger partial charge in [-0.15, -0.1) is 11.6 Å². The normalized spacial score (nSPS) is 12.6. The fraction of sp³-hybridized carbons (Fsp3) is 0.0588. The highest BCUT2D eigenvalue weighted by atomic mass is 79.9. The first-order valence-electron chi connectivity index (χ1n) is 6.34. The molecule has 0 aliphatic heterocycles. The first kappa shape index (κ1) is 15.2. The molecule has 0 spiro atoms. The van der Waals surface area contributed by atoms with Crippen molar-refractivity contribution in [2.75, 3.05) is 0 Å². The molecule has 1 unspecified atom stereocenters. The summed E-state index contributed by atoms with van der Waals surface area (Å²) in [7, 11) is 0. The van der Waals surface area contributed by atoms with Crippen LogP contribution in [-0.4, -0.2) is 0 Å². The maximum atomic E-state index is 6.68. The largest absolute Gasteiger partial charge is 0.113 e. The van der Waals surface area contributed by atoms with Gasteiger partial charge in [-0.25, -0.2) is 0 Å². The van der Waals surface area contributed by atoms with E-state index in [-0.39, 0.29) is 5.38 Å². The lowest BCUT2D eigenvalue weighted by Gasteiger charge is -2.16. The Morgan fingerprint density at radius 1 is 0.762 bits per heavy atom. The first-order chi connectivity index (χ1) is 10.1. The lowest BCUT2D eigenvalue weighted by atomic mass is 9.98. The van der Waals surface area contributed by atoms with Gasteiger partial charge in [-0.1, -0.05) is 81.6 Å². The van der Waals surface area contributed by atoms with Crippen molar-refractivity contribution in [2.24, 2.45) is 0 Å². The van der Waals surface area contributed by atoms with E-state index in [1.165, 1.54) is 0 Å². The van der Waals surface area contributed by atoms with E-state index in [9.17, 15) is 0 Å². The molecule has 0 aliphatic rings. The number of hydrogen-bond donors (Lipinski definition) is 0. The number of benzene rings is 3. The van der Waals surface area contributed by atoms with Crippen molar-refractivity contribution < 1.29 is 0 Å². The van der Waals surface area contributed by atoms with Crippen LogP contribution in [0.4, 0.5) is 0 Å². The molecular formula is C17H10BrCl3. The average Bonchev–Trinajstić information content (AvgIpc) is 2.50. The Bertz CT molecular complexity index is 814. The molecule has 0 amide bonds. The van der Waals surface area contributed by atoms with Crippen LogP contribution in [0, 0.1) is 0 Å². The third-order valence-electron chi connectivity index (χ3n) is 3.43. The van der Waals surface area contributed by atoms with Gasteiger partial charge in [0.1, 0.15) is 0 Å². The summed E-state index contributed by atoms with van der Waals surface area (Å²) >= 11 is 22.6. The van der Waals surface area contributed by atoms with E-state index in [2.05, 4.69) is 28.1 Å². The predicted octanol–water partition coefficient (Wildman–Crippen LogP) is 7.24. The Kier molecular flexibility index (Phi) is 4.46. The number of alkyl halides is 1. The van der Waals surface area contributed by atoms with Crippen LogP contribution in [-0.2, 0) is 0 Å². The van der Waals surface area contributed by atoms with Crippen LogP contribution in [0.25, 0.3) is 10.8 Å². The number of halogens is 4. The molecule has 3 aromatic carbocycles. The molecule has 0 saturated carbocycles. The van der Waals surface area contributed by atoms with Crippen molar-refractivity contribution in [2.45, 2.75) is 5.38 Å². The summed E-state index contributed by atoms with van der Waals surface area (Å²) in [6.45, 7) is 0. The molecule has 4 heteroatoms. The van der Waals surface area contributed by atoms with Crippen LogP contribution < -0.4 is 0 Å². The van der Waals surface area contributed by atoms with E-state index in [1.54, 1.807) is 6.07 Å². The highest BCUT2D eigenvalue weighted by Gasteiger charge is 2.18. The molecule has 0 nitrogen and oxygen atoms in total. The molecule has 0 fully saturated rings. The molecule has 3 aromatic rings. The summed E-state index contributed by atoms with van der Waals surface area (Å²) < 4.78 is 1.04. The van der Waals surface area contributed by atoms with Crippen LogP contribution in [0.1, 0.15) is 16.5 Å². The zero-order valence-electron chi connectivity index (χ0n) is 10.8. The van der Waals surface area contributed by atoms with Gasteiger partial charge in [0.25, 0.3) is 0 Å². The molecule has 1 atom stereocenters. The van der Waals surface area contributed by atoms with E-state index in [1.807, 2.05) is 36.4 Å². The van der Waals surface area contributed by atoms with Crippen LogP contribution in [0.5, 0.6) is 0 Å². The first-order valence-corrected chi connectivity index (χ1v) is 8.33. The smallest absolute Gasteiger partial charge is 0.0856 e. The van der Waals surface area contributed by atoms with Crippen LogP contribution >= 0.6 is 50.7 Å². The maximum Gasteiger partial charge on any atom is 0.0856 e. The van der Waals surface area contributed by atoms with E-state index in [0.717, 1.165) is 26.4 Å². The quantitative estimate of drug-likeness (QED) is 0.398. The molecule has 3 rings (SSSR count). The SMILES string of the molecule is Clc1cccc(C(Cl)c2ccc(Br)c3ccccc23)c1Cl. The monoisotopic (exact) mass is 398 g/mol. The molecule has 0 aromatic heterocycles. The second-order valence-corrected chi connectivity index (χ2v) is 6.76. The van der Waals surface area contributed by atoms with E-state index < -0.39 is 0 Å². The molecular weight excluding hydrogens is 390 g/mol. The predicted molar refractivity (Wildman–Crippen MR) is 95.8 cm³/mol. The Morgan fingerprint density at radius 2 is 1.48 bits per heavy atom. The molecule has 0 heterocycles. The van der Waals surface area contributed by atoms with E-state index in [0.29, 0.717) is 10.0 Å². The van der Waals surface area contributed by atoms with Crippen molar-refractivity contribution in [1.29, 1.82) is 0 Å². The van der Waals surface area contributed by atoms with Crippen LogP contribution in [0.3, 0.4) is 0 Å². The van der Waals surface area contributed by atoms with E-state index in [4.69, 9.17) is 34.8 Å². The van der Waals surface area contributed by atoms with Gasteiger partial charge in [0.05, 0.1) is 15.4 Å². The van der Waals surface area contributed by atoms with Gasteiger partial charge in [0.2, 0.25) is 0 Å². The fourth-order valence-electron chi connectivity index (χ4n) is 2.39. The summed E-state index contributed by atoms with van der Waals surface area (Å²) in [5.41, 5.74) is 1.83. The summed E-state index contributed by atoms with van der Waals surface area (Å²) in [5, 5.41) is 2.89. The van der Waals surface area contributed by atoms with E-state index >= 15 is 0 Å². The zero-order chi connectivity index (χ0) is 15.0. The minimum atomic E-state index is -0.353. The standard InChI is InChI=1S/C17H10BrCl3/c18-14-9-8-12(10-4-1-2-5-11(10)14)16(20)13-6-3-7-15(19)17(13)21/h1-9,16H. The molecule has 21 heavy (non-hydrogen) atoms. The maximum absolute atomic E-state index is 6.68. The summed E-state index contributed by atoms with van der Waals surface area (Å²) in [6, 6.07) is 17.7. The second kappa shape index (κ2) is 6.18. The second-order valence-electron chi connectivity index (χ2n) is 4.69. The summed E-state index contributed by atoms with van der Waals surface area (Å²) in [5.74, 6) is 0. The lowest BCUT2D eigenvalue weighted by Crippen LogP contribution is -1.96. The summed E-state index contributed by atoms with van der Waals surface area (Å²) in [6.07, 6.45) is 0. The van der Waals surface area contributed by atoms with Gasteiger partial charge < -0.3 is 0 Å². The zero-order valence-corrected chi connectivity index (χ0v) is 14.6. The molecule has 0 aliphatic carbocycles. The highest BCUT2D eigenvalue weighted by Crippen LogP contribution is 2.40. The Hall–Kier alpha value is -0.730. The number of rotatable bonds is 2. The molecule has 106 valence electrons. The van der Waals surface area contributed by atoms with Crippen LogP contribution in [0.15, 0.2) is 59.1 Å². The summed E-state index contributed by atoms with van der Waals surface area (Å²) in [4.78, 5) is 0. The fourth-order valence-corrected chi connectivity index (χ4v) is 3.71. The molecule has 0 saturated heterocycles. The highest BCUT2D eigenvalue weighted by molar-refractivity contribution is 9.10. The van der Waals surface area contributed by atoms with Gasteiger partial charge in [0, 0.05) is 4.47 Å². The van der Waals surface area contributed by atoms with Gasteiger partial charge in [-0.3, -0.25) is 0 Å². The number of hydrogen-bond acceptors (Lipinski definition) is 0. The Labute approximate surface area is 146 Å². The van der Waals surface area contributed by atoms with Crippen molar-refractivity contribution in [1.82, 2.24) is 0 Å². The third kappa shape index (κ3) is 2.80. The third-order valence-corrected chi connectivity index (χ3v) is 5.43. The van der Waals surface area contributed by atoms with Gasteiger partial charge in [0.15, 0.2) is 0 Å². The Balaban J connectivity index is 2.21. The van der Waals surface area contributed by atoms with Gasteiger partial charge >= 0.3 is 0 Å². The van der Waals surface area contributed by atoms with Crippen molar-refractivity contribution in [3.8, 4) is 0 Å². The Morgan fingerprint density at radius 3 is 2.24 bits per heavy atom. The van der Waals surface area contributed by atoms with Crippen molar-refractivity contribution in [3.63, 3.8) is 0 Å². The van der Waals surface area contributed by atoms with Gasteiger partial charge in [-0.2, -0.15) is 0 Å². The minimum absolute atomic E-state index is 0.353. The van der Waals surface area contributed by atoms with Crippen LogP contribution in [0.2, 0.25) is 10.0 Å². The van der Waals surface area contributed by atoms with Gasteiger partial charge in [-0.05, 0) is 34.0 Å². The average molecular weight is 401 g/mol. The topological polar surface area (TPSA) is 0 Å². The molecule has 0 N–H and O–H groups in total. The van der Waals surface area contributed by atoms with Crippen molar-refractivity contribution in [3.05, 3.63) is 80.2 Å². The molecule has 0 bridgehead atoms. The molecule has 0 radical (unpaired) electrons. The number of fused-ring (bicyclic) bond motifs is 1.